The highest BCUT2D eigenvalue weighted by molar-refractivity contribution is 14.1. The summed E-state index contributed by atoms with van der Waals surface area (Å²) >= 11 is 2.35. The lowest BCUT2D eigenvalue weighted by Gasteiger charge is -2.25. The predicted octanol–water partition coefficient (Wildman–Crippen LogP) is 5.73. The molecule has 0 aliphatic heterocycles. The molecular formula is C19H24IN. The quantitative estimate of drug-likeness (QED) is 0.618. The smallest absolute Gasteiger partial charge is 0.0328 e. The third kappa shape index (κ3) is 5.11. The van der Waals surface area contributed by atoms with Gasteiger partial charge in [-0.25, -0.2) is 0 Å². The van der Waals surface area contributed by atoms with E-state index in [1.807, 2.05) is 0 Å². The van der Waals surface area contributed by atoms with Gasteiger partial charge in [0.05, 0.1) is 0 Å². The van der Waals surface area contributed by atoms with Crippen molar-refractivity contribution in [2.45, 2.75) is 39.3 Å². The Balaban J connectivity index is 2.13. The van der Waals surface area contributed by atoms with Crippen LogP contribution in [0.2, 0.25) is 0 Å². The van der Waals surface area contributed by atoms with Crippen molar-refractivity contribution in [1.29, 1.82) is 0 Å². The Morgan fingerprint density at radius 1 is 0.857 bits per heavy atom. The highest BCUT2D eigenvalue weighted by Gasteiger charge is 2.16. The van der Waals surface area contributed by atoms with Crippen LogP contribution in [0.25, 0.3) is 0 Å². The SMILES string of the molecule is CC(C)CC(NC(C)c1ccc(I)cc1)c1ccccc1. The van der Waals surface area contributed by atoms with Crippen LogP contribution < -0.4 is 5.32 Å². The van der Waals surface area contributed by atoms with Gasteiger partial charge in [-0.3, -0.25) is 0 Å². The molecule has 0 heterocycles. The molecule has 2 aromatic carbocycles. The van der Waals surface area contributed by atoms with E-state index in [-0.39, 0.29) is 0 Å². The zero-order valence-electron chi connectivity index (χ0n) is 13.0. The maximum Gasteiger partial charge on any atom is 0.0328 e. The molecule has 0 bridgehead atoms. The van der Waals surface area contributed by atoms with Gasteiger partial charge in [0.1, 0.15) is 0 Å². The molecule has 0 amide bonds. The Labute approximate surface area is 142 Å². The van der Waals surface area contributed by atoms with Crippen molar-refractivity contribution in [3.8, 4) is 0 Å². The van der Waals surface area contributed by atoms with Gasteiger partial charge in [0, 0.05) is 15.7 Å². The fourth-order valence-electron chi connectivity index (χ4n) is 2.61. The molecule has 0 radical (unpaired) electrons. The van der Waals surface area contributed by atoms with Gasteiger partial charge >= 0.3 is 0 Å². The second-order valence-corrected chi connectivity index (χ2v) is 7.28. The van der Waals surface area contributed by atoms with E-state index < -0.39 is 0 Å². The van der Waals surface area contributed by atoms with Crippen molar-refractivity contribution in [3.63, 3.8) is 0 Å². The van der Waals surface area contributed by atoms with Gasteiger partial charge in [0.2, 0.25) is 0 Å². The van der Waals surface area contributed by atoms with E-state index in [0.717, 1.165) is 6.42 Å². The molecule has 0 saturated carbocycles. The molecule has 0 aliphatic carbocycles. The van der Waals surface area contributed by atoms with Crippen LogP contribution in [0.4, 0.5) is 0 Å². The van der Waals surface area contributed by atoms with E-state index in [9.17, 15) is 0 Å². The first-order chi connectivity index (χ1) is 10.1. The van der Waals surface area contributed by atoms with Crippen molar-refractivity contribution in [1.82, 2.24) is 5.32 Å². The summed E-state index contributed by atoms with van der Waals surface area (Å²) in [4.78, 5) is 0. The molecule has 1 N–H and O–H groups in total. The third-order valence-electron chi connectivity index (χ3n) is 3.73. The minimum atomic E-state index is 0.353. The van der Waals surface area contributed by atoms with Crippen LogP contribution in [0, 0.1) is 9.49 Å². The Morgan fingerprint density at radius 2 is 1.48 bits per heavy atom. The van der Waals surface area contributed by atoms with Crippen LogP contribution in [0.15, 0.2) is 54.6 Å². The van der Waals surface area contributed by atoms with Crippen molar-refractivity contribution >= 4 is 22.6 Å². The lowest BCUT2D eigenvalue weighted by atomic mass is 9.95. The Hall–Kier alpha value is -0.870. The summed E-state index contributed by atoms with van der Waals surface area (Å²) in [5, 5.41) is 3.80. The maximum absolute atomic E-state index is 3.80. The van der Waals surface area contributed by atoms with Crippen molar-refractivity contribution in [2.75, 3.05) is 0 Å². The van der Waals surface area contributed by atoms with Crippen LogP contribution in [-0.4, -0.2) is 0 Å². The topological polar surface area (TPSA) is 12.0 Å². The summed E-state index contributed by atoms with van der Waals surface area (Å²) in [5.41, 5.74) is 2.73. The number of rotatable bonds is 6. The van der Waals surface area contributed by atoms with E-state index in [0.29, 0.717) is 18.0 Å². The van der Waals surface area contributed by atoms with Gasteiger partial charge in [-0.15, -0.1) is 0 Å². The highest BCUT2D eigenvalue weighted by Crippen LogP contribution is 2.25. The zero-order valence-corrected chi connectivity index (χ0v) is 15.2. The first kappa shape index (κ1) is 16.5. The molecule has 21 heavy (non-hydrogen) atoms. The molecule has 0 fully saturated rings. The van der Waals surface area contributed by atoms with Crippen LogP contribution in [0.3, 0.4) is 0 Å². The van der Waals surface area contributed by atoms with Crippen LogP contribution in [0.1, 0.15) is 50.4 Å². The third-order valence-corrected chi connectivity index (χ3v) is 4.45. The molecular weight excluding hydrogens is 369 g/mol. The summed E-state index contributed by atoms with van der Waals surface area (Å²) in [7, 11) is 0. The molecule has 0 saturated heterocycles. The largest absolute Gasteiger partial charge is 0.303 e. The highest BCUT2D eigenvalue weighted by atomic mass is 127. The monoisotopic (exact) mass is 393 g/mol. The normalized spacial score (nSPS) is 14.1. The lowest BCUT2D eigenvalue weighted by Crippen LogP contribution is -2.26. The second kappa shape index (κ2) is 7.95. The molecule has 2 unspecified atom stereocenters. The van der Waals surface area contributed by atoms with Gasteiger partial charge in [-0.1, -0.05) is 56.3 Å². The number of halogens is 1. The number of hydrogen-bond donors (Lipinski definition) is 1. The average molecular weight is 393 g/mol. The molecule has 0 aromatic heterocycles. The molecule has 0 spiro atoms. The fourth-order valence-corrected chi connectivity index (χ4v) is 2.97. The van der Waals surface area contributed by atoms with Gasteiger partial charge < -0.3 is 5.32 Å². The summed E-state index contributed by atoms with van der Waals surface area (Å²) in [6.07, 6.45) is 1.15. The lowest BCUT2D eigenvalue weighted by molar-refractivity contribution is 0.394. The van der Waals surface area contributed by atoms with Gasteiger partial charge in [-0.05, 0) is 65.1 Å². The van der Waals surface area contributed by atoms with Gasteiger partial charge in [-0.2, -0.15) is 0 Å². The number of nitrogens with one attached hydrogen (secondary N) is 1. The first-order valence-electron chi connectivity index (χ1n) is 7.62. The second-order valence-electron chi connectivity index (χ2n) is 6.03. The molecule has 1 nitrogen and oxygen atoms in total. The Bertz CT molecular complexity index is 533. The summed E-state index contributed by atoms with van der Waals surface area (Å²) < 4.78 is 1.28. The van der Waals surface area contributed by atoms with Crippen molar-refractivity contribution in [3.05, 3.63) is 69.3 Å². The summed E-state index contributed by atoms with van der Waals surface area (Å²) in [6.45, 7) is 6.82. The first-order valence-corrected chi connectivity index (χ1v) is 8.70. The maximum atomic E-state index is 3.80. The van der Waals surface area contributed by atoms with E-state index in [1.54, 1.807) is 0 Å². The number of benzene rings is 2. The molecule has 112 valence electrons. The van der Waals surface area contributed by atoms with Crippen molar-refractivity contribution < 1.29 is 0 Å². The van der Waals surface area contributed by atoms with Gasteiger partial charge in [0.25, 0.3) is 0 Å². The predicted molar refractivity (Wildman–Crippen MR) is 99.3 cm³/mol. The van der Waals surface area contributed by atoms with Crippen molar-refractivity contribution in [2.24, 2.45) is 5.92 Å². The minimum absolute atomic E-state index is 0.353. The zero-order chi connectivity index (χ0) is 15.2. The Morgan fingerprint density at radius 3 is 2.05 bits per heavy atom. The van der Waals surface area contributed by atoms with E-state index in [4.69, 9.17) is 0 Å². The Kier molecular flexibility index (Phi) is 6.24. The molecule has 2 atom stereocenters. The standard InChI is InChI=1S/C19H24IN/c1-14(2)13-19(17-7-5-4-6-8-17)21-15(3)16-9-11-18(20)12-10-16/h4-12,14-15,19,21H,13H2,1-3H3. The molecule has 2 rings (SSSR count). The molecule has 2 aromatic rings. The average Bonchev–Trinajstić information content (AvgIpc) is 2.47. The van der Waals surface area contributed by atoms with E-state index in [2.05, 4.69) is 103 Å². The van der Waals surface area contributed by atoms with Crippen LogP contribution in [0.5, 0.6) is 0 Å². The summed E-state index contributed by atoms with van der Waals surface area (Å²) in [6, 6.07) is 20.3. The summed E-state index contributed by atoms with van der Waals surface area (Å²) in [5.74, 6) is 0.673. The number of hydrogen-bond acceptors (Lipinski definition) is 1. The van der Waals surface area contributed by atoms with E-state index >= 15 is 0 Å². The van der Waals surface area contributed by atoms with Gasteiger partial charge in [0.15, 0.2) is 0 Å². The minimum Gasteiger partial charge on any atom is -0.303 e. The fraction of sp³-hybridized carbons (Fsp3) is 0.368. The molecule has 2 heteroatoms. The molecule has 0 aliphatic rings. The van der Waals surface area contributed by atoms with E-state index in [1.165, 1.54) is 14.7 Å². The van der Waals surface area contributed by atoms with Crippen LogP contribution >= 0.6 is 22.6 Å². The van der Waals surface area contributed by atoms with Crippen LogP contribution in [-0.2, 0) is 0 Å².